The number of carbonyl (C=O) groups excluding carboxylic acids is 2. The van der Waals surface area contributed by atoms with Crippen molar-refractivity contribution in [3.8, 4) is 0 Å². The molecule has 2 aromatic rings. The van der Waals surface area contributed by atoms with Crippen molar-refractivity contribution in [3.05, 3.63) is 35.5 Å². The van der Waals surface area contributed by atoms with Crippen molar-refractivity contribution in [2.45, 2.75) is 45.6 Å². The Balaban J connectivity index is 2.08. The lowest BCUT2D eigenvalue weighted by Crippen LogP contribution is -2.23. The van der Waals surface area contributed by atoms with E-state index < -0.39 is 0 Å². The molecule has 0 N–H and O–H groups in total. The van der Waals surface area contributed by atoms with Gasteiger partial charge >= 0.3 is 5.97 Å². The number of fused-ring (bicyclic) bond motifs is 1. The molecule has 0 saturated heterocycles. The number of ketones is 1. The molecule has 3 rings (SSSR count). The molecule has 1 heterocycles. The van der Waals surface area contributed by atoms with Gasteiger partial charge in [0.05, 0.1) is 12.7 Å². The molecule has 1 saturated carbocycles. The smallest absolute Gasteiger partial charge is 0.340 e. The quantitative estimate of drug-likeness (QED) is 0.803. The van der Waals surface area contributed by atoms with E-state index in [0.29, 0.717) is 30.1 Å². The molecule has 1 aromatic carbocycles. The molecule has 0 radical (unpaired) electrons. The van der Waals surface area contributed by atoms with E-state index in [-0.39, 0.29) is 12.0 Å². The fourth-order valence-electron chi connectivity index (χ4n) is 3.93. The van der Waals surface area contributed by atoms with Crippen molar-refractivity contribution >= 4 is 22.7 Å². The van der Waals surface area contributed by atoms with Crippen LogP contribution < -0.4 is 0 Å². The van der Waals surface area contributed by atoms with Crippen LogP contribution in [0.25, 0.3) is 10.9 Å². The summed E-state index contributed by atoms with van der Waals surface area (Å²) in [5.74, 6) is 0.550. The molecule has 0 bridgehead atoms. The number of esters is 1. The summed E-state index contributed by atoms with van der Waals surface area (Å²) in [6.45, 7) is 4.18. The number of ether oxygens (including phenoxy) is 1. The lowest BCUT2D eigenvalue weighted by molar-refractivity contribution is -0.121. The van der Waals surface area contributed by atoms with Gasteiger partial charge in [-0.25, -0.2) is 4.79 Å². The van der Waals surface area contributed by atoms with E-state index in [1.165, 1.54) is 7.11 Å². The van der Waals surface area contributed by atoms with Crippen LogP contribution in [0.15, 0.2) is 24.3 Å². The zero-order valence-electron chi connectivity index (χ0n) is 14.0. The molecule has 1 atom stereocenters. The minimum absolute atomic E-state index is 0.256. The summed E-state index contributed by atoms with van der Waals surface area (Å²) < 4.78 is 7.23. The highest BCUT2D eigenvalue weighted by Crippen LogP contribution is 2.37. The summed E-state index contributed by atoms with van der Waals surface area (Å²) in [5, 5.41) is 0.940. The Hall–Kier alpha value is -2.10. The molecule has 1 aliphatic rings. The number of para-hydroxylation sites is 1. The first-order valence-corrected chi connectivity index (χ1v) is 8.24. The number of Topliss-reactive ketones (excluding diaryl/α,β-unsaturated/α-hetero) is 1. The van der Waals surface area contributed by atoms with Gasteiger partial charge in [0.2, 0.25) is 0 Å². The van der Waals surface area contributed by atoms with Crippen LogP contribution in [-0.2, 0) is 9.53 Å². The van der Waals surface area contributed by atoms with Gasteiger partial charge in [0, 0.05) is 35.5 Å². The maximum Gasteiger partial charge on any atom is 0.340 e. The fourth-order valence-corrected chi connectivity index (χ4v) is 3.93. The lowest BCUT2D eigenvalue weighted by Gasteiger charge is -2.30. The largest absolute Gasteiger partial charge is 0.465 e. The Labute approximate surface area is 136 Å². The summed E-state index contributed by atoms with van der Waals surface area (Å²) in [6.07, 6.45) is 3.22. The second kappa shape index (κ2) is 6.19. The second-order valence-corrected chi connectivity index (χ2v) is 6.46. The third-order valence-corrected chi connectivity index (χ3v) is 5.22. The topological polar surface area (TPSA) is 48.3 Å². The second-order valence-electron chi connectivity index (χ2n) is 6.46. The molecule has 4 nitrogen and oxygen atoms in total. The van der Waals surface area contributed by atoms with Crippen LogP contribution in [0.2, 0.25) is 0 Å². The maximum absolute atomic E-state index is 12.2. The number of nitrogens with zero attached hydrogens (tertiary/aromatic N) is 1. The fraction of sp³-hybridized carbons (Fsp3) is 0.474. The maximum atomic E-state index is 12.2. The number of rotatable bonds is 3. The molecular weight excluding hydrogens is 290 g/mol. The van der Waals surface area contributed by atoms with Gasteiger partial charge in [0.15, 0.2) is 0 Å². The van der Waals surface area contributed by atoms with E-state index in [0.717, 1.165) is 29.4 Å². The van der Waals surface area contributed by atoms with E-state index in [2.05, 4.69) is 17.6 Å². The van der Waals surface area contributed by atoms with Crippen molar-refractivity contribution < 1.29 is 14.3 Å². The van der Waals surface area contributed by atoms with Gasteiger partial charge in [-0.15, -0.1) is 0 Å². The van der Waals surface area contributed by atoms with Gasteiger partial charge in [-0.3, -0.25) is 4.79 Å². The third-order valence-electron chi connectivity index (χ3n) is 5.22. The monoisotopic (exact) mass is 313 g/mol. The average molecular weight is 313 g/mol. The normalized spacial score (nSPS) is 17.4. The highest BCUT2D eigenvalue weighted by molar-refractivity contribution is 6.05. The van der Waals surface area contributed by atoms with Crippen LogP contribution in [0.3, 0.4) is 0 Å². The molecule has 0 spiro atoms. The first-order chi connectivity index (χ1) is 11.0. The standard InChI is InChI=1S/C19H23NO3/c1-12(14-8-10-15(21)11-9-14)20-13(2)18(19(22)23-3)16-6-4-5-7-17(16)20/h4-7,12,14H,8-11H2,1-3H3/t12-/m1/s1. The van der Waals surface area contributed by atoms with Crippen molar-refractivity contribution in [1.29, 1.82) is 0 Å². The highest BCUT2D eigenvalue weighted by Gasteiger charge is 2.29. The van der Waals surface area contributed by atoms with Crippen LogP contribution in [0.1, 0.15) is 54.7 Å². The number of methoxy groups -OCH3 is 1. The molecule has 1 aliphatic carbocycles. The number of hydrogen-bond donors (Lipinski definition) is 0. The molecular formula is C19H23NO3. The number of carbonyl (C=O) groups is 2. The Bertz CT molecular complexity index is 749. The summed E-state index contributed by atoms with van der Waals surface area (Å²) >= 11 is 0. The zero-order chi connectivity index (χ0) is 16.6. The van der Waals surface area contributed by atoms with E-state index in [1.807, 2.05) is 25.1 Å². The summed E-state index contributed by atoms with van der Waals surface area (Å²) in [7, 11) is 1.42. The van der Waals surface area contributed by atoms with Crippen molar-refractivity contribution in [2.24, 2.45) is 5.92 Å². The van der Waals surface area contributed by atoms with Gasteiger partial charge < -0.3 is 9.30 Å². The van der Waals surface area contributed by atoms with Crippen LogP contribution in [-0.4, -0.2) is 23.4 Å². The minimum Gasteiger partial charge on any atom is -0.465 e. The van der Waals surface area contributed by atoms with E-state index >= 15 is 0 Å². The Kier molecular flexibility index (Phi) is 4.24. The third kappa shape index (κ3) is 2.67. The molecule has 1 fully saturated rings. The van der Waals surface area contributed by atoms with Crippen LogP contribution in [0.4, 0.5) is 0 Å². The molecule has 23 heavy (non-hydrogen) atoms. The number of benzene rings is 1. The SMILES string of the molecule is COC(=O)c1c(C)n([C@H](C)C2CCC(=O)CC2)c2ccccc12. The molecule has 122 valence electrons. The van der Waals surface area contributed by atoms with E-state index in [1.54, 1.807) is 0 Å². The van der Waals surface area contributed by atoms with Gasteiger partial charge in [0.1, 0.15) is 5.78 Å². The average Bonchev–Trinajstić information content (AvgIpc) is 2.86. The summed E-state index contributed by atoms with van der Waals surface area (Å²) in [6, 6.07) is 8.23. The Morgan fingerprint density at radius 1 is 1.26 bits per heavy atom. The van der Waals surface area contributed by atoms with Gasteiger partial charge in [-0.1, -0.05) is 18.2 Å². The predicted octanol–water partition coefficient (Wildman–Crippen LogP) is 4.06. The number of hydrogen-bond acceptors (Lipinski definition) is 3. The molecule has 0 unspecified atom stereocenters. The van der Waals surface area contributed by atoms with E-state index in [9.17, 15) is 9.59 Å². The zero-order valence-corrected chi connectivity index (χ0v) is 14.0. The van der Waals surface area contributed by atoms with E-state index in [4.69, 9.17) is 4.74 Å². The molecule has 0 amide bonds. The number of aromatic nitrogens is 1. The Morgan fingerprint density at radius 3 is 2.57 bits per heavy atom. The Morgan fingerprint density at radius 2 is 1.91 bits per heavy atom. The van der Waals surface area contributed by atoms with Crippen LogP contribution in [0, 0.1) is 12.8 Å². The first-order valence-electron chi connectivity index (χ1n) is 8.24. The van der Waals surface area contributed by atoms with Crippen molar-refractivity contribution in [1.82, 2.24) is 4.57 Å². The van der Waals surface area contributed by atoms with Gasteiger partial charge in [0.25, 0.3) is 0 Å². The lowest BCUT2D eigenvalue weighted by atomic mass is 9.83. The molecule has 4 heteroatoms. The predicted molar refractivity (Wildman–Crippen MR) is 89.7 cm³/mol. The minimum atomic E-state index is -0.288. The molecule has 0 aliphatic heterocycles. The van der Waals surface area contributed by atoms with Crippen molar-refractivity contribution in [3.63, 3.8) is 0 Å². The first kappa shape index (κ1) is 15.8. The van der Waals surface area contributed by atoms with Gasteiger partial charge in [-0.2, -0.15) is 0 Å². The molecule has 1 aromatic heterocycles. The van der Waals surface area contributed by atoms with Crippen LogP contribution in [0.5, 0.6) is 0 Å². The summed E-state index contributed by atoms with van der Waals surface area (Å²) in [4.78, 5) is 23.7. The summed E-state index contributed by atoms with van der Waals surface area (Å²) in [5.41, 5.74) is 2.67. The van der Waals surface area contributed by atoms with Gasteiger partial charge in [-0.05, 0) is 38.7 Å². The van der Waals surface area contributed by atoms with Crippen molar-refractivity contribution in [2.75, 3.05) is 7.11 Å². The van der Waals surface area contributed by atoms with Crippen LogP contribution >= 0.6 is 0 Å². The highest BCUT2D eigenvalue weighted by atomic mass is 16.5.